The Morgan fingerprint density at radius 3 is 2.60 bits per heavy atom. The van der Waals surface area contributed by atoms with Crippen LogP contribution >= 0.6 is 22.9 Å². The molecule has 0 aliphatic heterocycles. The van der Waals surface area contributed by atoms with Crippen LogP contribution in [0.1, 0.15) is 20.9 Å². The molecule has 0 radical (unpaired) electrons. The lowest BCUT2D eigenvalue weighted by atomic mass is 10.1. The predicted octanol–water partition coefficient (Wildman–Crippen LogP) is 3.94. The van der Waals surface area contributed by atoms with Crippen LogP contribution in [0.2, 0.25) is 5.02 Å². The first-order chi connectivity index (χ1) is 9.60. The molecule has 0 amide bonds. The Morgan fingerprint density at radius 2 is 1.95 bits per heavy atom. The van der Waals surface area contributed by atoms with Crippen LogP contribution in [0.5, 0.6) is 5.75 Å². The first-order valence-electron chi connectivity index (χ1n) is 6.18. The quantitative estimate of drug-likeness (QED) is 0.870. The monoisotopic (exact) mass is 306 g/mol. The van der Waals surface area contributed by atoms with Crippen LogP contribution < -0.4 is 4.74 Å². The summed E-state index contributed by atoms with van der Waals surface area (Å²) in [5, 5.41) is 9.39. The molecule has 0 aliphatic rings. The summed E-state index contributed by atoms with van der Waals surface area (Å²) in [4.78, 5) is 2.03. The maximum Gasteiger partial charge on any atom is 0.125 e. The fraction of sp³-hybridized carbons (Fsp3) is 0.250. The van der Waals surface area contributed by atoms with E-state index >= 15 is 0 Å². The van der Waals surface area contributed by atoms with Gasteiger partial charge in [-0.2, -0.15) is 0 Å². The lowest BCUT2D eigenvalue weighted by molar-refractivity contribution is 0.305. The van der Waals surface area contributed by atoms with Gasteiger partial charge in [-0.25, -0.2) is 0 Å². The highest BCUT2D eigenvalue weighted by Crippen LogP contribution is 2.28. The average Bonchev–Trinajstić information content (AvgIpc) is 2.83. The smallest absolute Gasteiger partial charge is 0.125 e. The molecule has 0 fully saturated rings. The zero-order valence-electron chi connectivity index (χ0n) is 11.4. The van der Waals surface area contributed by atoms with E-state index in [9.17, 15) is 0 Å². The van der Waals surface area contributed by atoms with Crippen LogP contribution in [-0.2, 0) is 6.61 Å². The van der Waals surface area contributed by atoms with Crippen molar-refractivity contribution in [2.24, 2.45) is 0 Å². The van der Waals surface area contributed by atoms with Crippen molar-refractivity contribution in [1.29, 1.82) is 0 Å². The summed E-state index contributed by atoms with van der Waals surface area (Å²) in [6.45, 7) is 4.36. The first kappa shape index (κ1) is 14.9. The lowest BCUT2D eigenvalue weighted by Gasteiger charge is -2.11. The molecule has 0 aliphatic carbocycles. The van der Waals surface area contributed by atoms with Crippen molar-refractivity contribution < 1.29 is 9.84 Å². The van der Waals surface area contributed by atoms with E-state index in [0.29, 0.717) is 6.61 Å². The van der Waals surface area contributed by atoms with Crippen LogP contribution in [0, 0.1) is 25.7 Å². The SMILES string of the molecule is Cc1cc(Cl)cc(C)c1OCc1ccc(C#CCO)s1. The van der Waals surface area contributed by atoms with Crippen LogP contribution in [0.15, 0.2) is 24.3 Å². The summed E-state index contributed by atoms with van der Waals surface area (Å²) < 4.78 is 5.88. The number of aryl methyl sites for hydroxylation is 2. The number of ether oxygens (including phenoxy) is 1. The van der Waals surface area contributed by atoms with Gasteiger partial charge in [-0.15, -0.1) is 11.3 Å². The van der Waals surface area contributed by atoms with E-state index in [0.717, 1.165) is 31.7 Å². The van der Waals surface area contributed by atoms with Gasteiger partial charge in [0.15, 0.2) is 0 Å². The molecule has 1 N–H and O–H groups in total. The standard InChI is InChI=1S/C16H15ClO2S/c1-11-8-13(17)9-12(2)16(11)19-10-15-6-5-14(20-15)4-3-7-18/h5-6,8-9,18H,7,10H2,1-2H3. The summed E-state index contributed by atoms with van der Waals surface area (Å²) >= 11 is 7.57. The zero-order valence-corrected chi connectivity index (χ0v) is 12.9. The van der Waals surface area contributed by atoms with E-state index in [1.54, 1.807) is 11.3 Å². The van der Waals surface area contributed by atoms with Crippen molar-refractivity contribution >= 4 is 22.9 Å². The van der Waals surface area contributed by atoms with E-state index in [-0.39, 0.29) is 6.61 Å². The molecule has 2 aromatic rings. The minimum atomic E-state index is -0.118. The van der Waals surface area contributed by atoms with Gasteiger partial charge in [-0.1, -0.05) is 23.4 Å². The number of hydrogen-bond acceptors (Lipinski definition) is 3. The molecule has 2 rings (SSSR count). The molecular formula is C16H15ClO2S. The van der Waals surface area contributed by atoms with Crippen molar-refractivity contribution in [1.82, 2.24) is 0 Å². The molecule has 4 heteroatoms. The lowest BCUT2D eigenvalue weighted by Crippen LogP contribution is -1.97. The molecule has 1 aromatic heterocycles. The fourth-order valence-corrected chi connectivity index (χ4v) is 3.04. The summed E-state index contributed by atoms with van der Waals surface area (Å²) in [7, 11) is 0. The van der Waals surface area contributed by atoms with Crippen LogP contribution in [-0.4, -0.2) is 11.7 Å². The van der Waals surface area contributed by atoms with Gasteiger partial charge in [0, 0.05) is 9.90 Å². The van der Waals surface area contributed by atoms with Gasteiger partial charge in [0.1, 0.15) is 19.0 Å². The number of benzene rings is 1. The van der Waals surface area contributed by atoms with Gasteiger partial charge < -0.3 is 9.84 Å². The maximum absolute atomic E-state index is 8.67. The molecule has 1 heterocycles. The van der Waals surface area contributed by atoms with Gasteiger partial charge in [-0.05, 0) is 49.2 Å². The molecule has 0 saturated heterocycles. The first-order valence-corrected chi connectivity index (χ1v) is 7.37. The topological polar surface area (TPSA) is 29.5 Å². The zero-order chi connectivity index (χ0) is 14.5. The van der Waals surface area contributed by atoms with E-state index < -0.39 is 0 Å². The van der Waals surface area contributed by atoms with Crippen LogP contribution in [0.3, 0.4) is 0 Å². The highest BCUT2D eigenvalue weighted by atomic mass is 35.5. The fourth-order valence-electron chi connectivity index (χ4n) is 1.92. The largest absolute Gasteiger partial charge is 0.488 e. The van der Waals surface area contributed by atoms with E-state index in [2.05, 4.69) is 11.8 Å². The van der Waals surface area contributed by atoms with Crippen LogP contribution in [0.4, 0.5) is 0 Å². The second-order valence-electron chi connectivity index (χ2n) is 4.38. The second-order valence-corrected chi connectivity index (χ2v) is 5.99. The summed E-state index contributed by atoms with van der Waals surface area (Å²) in [6, 6.07) is 7.73. The third kappa shape index (κ3) is 3.77. The number of thiophene rings is 1. The Morgan fingerprint density at radius 1 is 1.25 bits per heavy atom. The molecule has 0 saturated carbocycles. The Bertz CT molecular complexity index is 642. The maximum atomic E-state index is 8.67. The molecular weight excluding hydrogens is 292 g/mol. The van der Waals surface area contributed by atoms with Crippen LogP contribution in [0.25, 0.3) is 0 Å². The van der Waals surface area contributed by atoms with E-state index in [1.165, 1.54) is 0 Å². The van der Waals surface area contributed by atoms with Crippen molar-refractivity contribution in [2.45, 2.75) is 20.5 Å². The number of hydrogen-bond donors (Lipinski definition) is 1. The molecule has 0 spiro atoms. The van der Waals surface area contributed by atoms with Gasteiger partial charge in [0.25, 0.3) is 0 Å². The van der Waals surface area contributed by atoms with Crippen molar-refractivity contribution in [3.05, 3.63) is 50.2 Å². The molecule has 0 atom stereocenters. The molecule has 0 bridgehead atoms. The molecule has 20 heavy (non-hydrogen) atoms. The van der Waals surface area contributed by atoms with Crippen molar-refractivity contribution in [2.75, 3.05) is 6.61 Å². The van der Waals surface area contributed by atoms with Gasteiger partial charge in [0.05, 0.1) is 4.88 Å². The van der Waals surface area contributed by atoms with E-state index in [1.807, 2.05) is 38.1 Å². The molecule has 0 unspecified atom stereocenters. The normalized spacial score (nSPS) is 10.0. The Labute approximate surface area is 128 Å². The number of rotatable bonds is 3. The highest BCUT2D eigenvalue weighted by molar-refractivity contribution is 7.12. The molecule has 104 valence electrons. The number of aliphatic hydroxyl groups is 1. The van der Waals surface area contributed by atoms with Crippen molar-refractivity contribution in [3.63, 3.8) is 0 Å². The summed E-state index contributed by atoms with van der Waals surface area (Å²) in [5.41, 5.74) is 2.07. The average molecular weight is 307 g/mol. The Hall–Kier alpha value is -1.47. The minimum absolute atomic E-state index is 0.118. The molecule has 2 nitrogen and oxygen atoms in total. The van der Waals surface area contributed by atoms with Gasteiger partial charge in [-0.3, -0.25) is 0 Å². The van der Waals surface area contributed by atoms with Crippen molar-refractivity contribution in [3.8, 4) is 17.6 Å². The van der Waals surface area contributed by atoms with Gasteiger partial charge >= 0.3 is 0 Å². The summed E-state index contributed by atoms with van der Waals surface area (Å²) in [6.07, 6.45) is 0. The second kappa shape index (κ2) is 6.81. The van der Waals surface area contributed by atoms with Gasteiger partial charge in [0.2, 0.25) is 0 Å². The third-order valence-corrected chi connectivity index (χ3v) is 3.93. The highest BCUT2D eigenvalue weighted by Gasteiger charge is 2.07. The predicted molar refractivity (Wildman–Crippen MR) is 83.5 cm³/mol. The number of aliphatic hydroxyl groups excluding tert-OH is 1. The Kier molecular flexibility index (Phi) is 5.08. The van der Waals surface area contributed by atoms with E-state index in [4.69, 9.17) is 21.4 Å². The molecule has 1 aromatic carbocycles. The minimum Gasteiger partial charge on any atom is -0.488 e. The summed E-state index contributed by atoms with van der Waals surface area (Å²) in [5.74, 6) is 6.41. The number of halogens is 1. The Balaban J connectivity index is 2.07. The third-order valence-electron chi connectivity index (χ3n) is 2.74.